The number of carbonyl (C=O) groups excluding carboxylic acids is 3. The number of amides is 2. The lowest BCUT2D eigenvalue weighted by Gasteiger charge is -2.38. The zero-order chi connectivity index (χ0) is 36.7. The van der Waals surface area contributed by atoms with Crippen molar-refractivity contribution in [1.82, 2.24) is 4.90 Å². The number of primary amides is 1. The fourth-order valence-corrected chi connectivity index (χ4v) is 7.12. The molecule has 1 aromatic carbocycles. The van der Waals surface area contributed by atoms with Gasteiger partial charge in [0.25, 0.3) is 5.91 Å². The van der Waals surface area contributed by atoms with E-state index in [2.05, 4.69) is 60.4 Å². The number of nitrogens with zero attached hydrogens (tertiary/aromatic N) is 1. The van der Waals surface area contributed by atoms with Crippen molar-refractivity contribution >= 4 is 34.2 Å². The molecule has 0 bridgehead atoms. The van der Waals surface area contributed by atoms with Crippen LogP contribution in [-0.4, -0.2) is 70.7 Å². The summed E-state index contributed by atoms with van der Waals surface area (Å²) in [4.78, 5) is 40.9. The van der Waals surface area contributed by atoms with Crippen LogP contribution in [0.5, 0.6) is 5.75 Å². The number of hydrogen-bond acceptors (Lipinski definition) is 7. The van der Waals surface area contributed by atoms with E-state index in [0.29, 0.717) is 43.6 Å². The first-order valence-corrected chi connectivity index (χ1v) is 24.7. The highest BCUT2D eigenvalue weighted by molar-refractivity contribution is 6.76. The topological polar surface area (TPSA) is 117 Å². The van der Waals surface area contributed by atoms with Crippen molar-refractivity contribution in [3.05, 3.63) is 54.3 Å². The third kappa shape index (κ3) is 15.0. The molecule has 0 radical (unpaired) electrons. The molecule has 1 heterocycles. The van der Waals surface area contributed by atoms with Gasteiger partial charge in [-0.2, -0.15) is 0 Å². The van der Waals surface area contributed by atoms with Crippen molar-refractivity contribution in [2.24, 2.45) is 5.73 Å². The summed E-state index contributed by atoms with van der Waals surface area (Å²) in [5.74, 6) is -0.765. The molecule has 3 atom stereocenters. The number of benzene rings is 1. The van der Waals surface area contributed by atoms with Gasteiger partial charge in [-0.15, -0.1) is 0 Å². The average molecular weight is 717 g/mol. The Kier molecular flexibility index (Phi) is 17.5. The summed E-state index contributed by atoms with van der Waals surface area (Å²) in [6, 6.07) is 7.31. The first-order chi connectivity index (χ1) is 23.0. The van der Waals surface area contributed by atoms with E-state index in [1.165, 1.54) is 4.90 Å². The lowest BCUT2D eigenvalue weighted by Crippen LogP contribution is -2.47. The highest BCUT2D eigenvalue weighted by atomic mass is 28.4. The summed E-state index contributed by atoms with van der Waals surface area (Å²) in [5, 5.41) is -0.0284. The van der Waals surface area contributed by atoms with Crippen molar-refractivity contribution in [3.63, 3.8) is 0 Å². The van der Waals surface area contributed by atoms with Gasteiger partial charge in [-0.3, -0.25) is 9.59 Å². The molecule has 2 amide bonds. The van der Waals surface area contributed by atoms with Crippen molar-refractivity contribution < 1.29 is 33.0 Å². The highest BCUT2D eigenvalue weighted by Gasteiger charge is 2.40. The Morgan fingerprint density at radius 1 is 1.02 bits per heavy atom. The van der Waals surface area contributed by atoms with Crippen LogP contribution in [0.2, 0.25) is 43.8 Å². The molecular formula is C38H64N2O7Si2. The number of allylic oxidation sites excluding steroid dienone is 1. The van der Waals surface area contributed by atoms with Gasteiger partial charge in [0.2, 0.25) is 5.91 Å². The molecule has 0 aliphatic carbocycles. The van der Waals surface area contributed by atoms with E-state index >= 15 is 0 Å². The van der Waals surface area contributed by atoms with E-state index in [1.54, 1.807) is 24.4 Å². The molecule has 0 spiro atoms. The minimum absolute atomic E-state index is 0.0284. The monoisotopic (exact) mass is 716 g/mol. The molecule has 0 fully saturated rings. The SMILES string of the molecule is CCCCCC[C@H](C/C=C/CC[C@@H](O[Si](C)(C)C(C)(C)C)C(N)=O)OC(=O)[C@@H]1CC=CN1C(=O)c1ccccc1OCOCC[Si](C)(C)C. The molecule has 0 aromatic heterocycles. The number of hydrogen-bond donors (Lipinski definition) is 1. The minimum Gasteiger partial charge on any atom is -0.467 e. The van der Waals surface area contributed by atoms with Crippen LogP contribution in [-0.2, 0) is 23.5 Å². The van der Waals surface area contributed by atoms with Crippen LogP contribution < -0.4 is 10.5 Å². The normalized spacial score (nSPS) is 16.6. The van der Waals surface area contributed by atoms with Crippen molar-refractivity contribution in [3.8, 4) is 5.75 Å². The van der Waals surface area contributed by atoms with E-state index in [-0.39, 0.29) is 23.8 Å². The number of rotatable bonds is 22. The van der Waals surface area contributed by atoms with Gasteiger partial charge in [0.05, 0.1) is 5.56 Å². The van der Waals surface area contributed by atoms with E-state index in [0.717, 1.165) is 38.1 Å². The average Bonchev–Trinajstić information content (AvgIpc) is 3.51. The predicted octanol–water partition coefficient (Wildman–Crippen LogP) is 8.59. The van der Waals surface area contributed by atoms with Crippen LogP contribution in [0.15, 0.2) is 48.7 Å². The molecule has 1 aromatic rings. The first kappa shape index (κ1) is 42.4. The second-order valence-corrected chi connectivity index (χ2v) is 26.2. The second-order valence-electron chi connectivity index (χ2n) is 15.8. The molecule has 49 heavy (non-hydrogen) atoms. The van der Waals surface area contributed by atoms with Crippen molar-refractivity contribution in [2.45, 2.75) is 148 Å². The molecule has 2 N–H and O–H groups in total. The fraction of sp³-hybridized carbons (Fsp3) is 0.658. The number of unbranched alkanes of at least 4 members (excludes halogenated alkanes) is 3. The smallest absolute Gasteiger partial charge is 0.329 e. The van der Waals surface area contributed by atoms with Gasteiger partial charge in [-0.25, -0.2) is 4.79 Å². The van der Waals surface area contributed by atoms with Gasteiger partial charge in [-0.1, -0.05) is 97.0 Å². The van der Waals surface area contributed by atoms with Crippen LogP contribution in [0.4, 0.5) is 0 Å². The third-order valence-electron chi connectivity index (χ3n) is 9.26. The number of nitrogens with two attached hydrogens (primary N) is 1. The Labute approximate surface area is 298 Å². The molecule has 2 rings (SSSR count). The van der Waals surface area contributed by atoms with Gasteiger partial charge in [0.15, 0.2) is 15.1 Å². The lowest BCUT2D eigenvalue weighted by molar-refractivity contribution is -0.153. The Morgan fingerprint density at radius 3 is 2.39 bits per heavy atom. The van der Waals surface area contributed by atoms with Crippen LogP contribution in [0.3, 0.4) is 0 Å². The lowest BCUT2D eigenvalue weighted by atomic mass is 10.1. The number of carbonyl (C=O) groups is 3. The number of ether oxygens (including phenoxy) is 3. The van der Waals surface area contributed by atoms with E-state index < -0.39 is 40.4 Å². The van der Waals surface area contributed by atoms with Crippen LogP contribution in [0.1, 0.15) is 95.8 Å². The molecule has 0 unspecified atom stereocenters. The van der Waals surface area contributed by atoms with Gasteiger partial charge in [0, 0.05) is 27.3 Å². The number of esters is 1. The van der Waals surface area contributed by atoms with Gasteiger partial charge in [0.1, 0.15) is 24.0 Å². The summed E-state index contributed by atoms with van der Waals surface area (Å²) < 4.78 is 23.9. The quantitative estimate of drug-likeness (QED) is 0.0420. The van der Waals surface area contributed by atoms with Crippen molar-refractivity contribution in [1.29, 1.82) is 0 Å². The standard InChI is InChI=1S/C38H64N2O7Si2/c1-10-11-12-14-20-30(21-15-13-16-25-34(35(39)41)47-49(8,9)38(2,3)4)46-37(43)32-23-19-26-40(32)36(42)31-22-17-18-24-33(31)45-29-44-27-28-48(5,6)7/h13,15,17-19,22,24,26,30,32,34H,10-12,14,16,20-21,23,25,27-29H2,1-9H3,(H2,39,41)/b15-13+/t30-,32+,34-/m1/s1. The second kappa shape index (κ2) is 20.2. The summed E-state index contributed by atoms with van der Waals surface area (Å²) in [6.07, 6.45) is 13.6. The van der Waals surface area contributed by atoms with Crippen LogP contribution in [0, 0.1) is 0 Å². The molecule has 11 heteroatoms. The molecule has 0 saturated heterocycles. The Morgan fingerprint density at radius 2 is 1.73 bits per heavy atom. The van der Waals surface area contributed by atoms with E-state index in [1.807, 2.05) is 24.3 Å². The van der Waals surface area contributed by atoms with Gasteiger partial charge in [-0.05, 0) is 68.4 Å². The zero-order valence-corrected chi connectivity index (χ0v) is 33.7. The van der Waals surface area contributed by atoms with Crippen molar-refractivity contribution in [2.75, 3.05) is 13.4 Å². The van der Waals surface area contributed by atoms with Crippen LogP contribution in [0.25, 0.3) is 0 Å². The van der Waals surface area contributed by atoms with Gasteiger partial charge >= 0.3 is 5.97 Å². The molecule has 1 aliphatic heterocycles. The maximum absolute atomic E-state index is 13.7. The predicted molar refractivity (Wildman–Crippen MR) is 203 cm³/mol. The third-order valence-corrected chi connectivity index (χ3v) is 15.5. The highest BCUT2D eigenvalue weighted by Crippen LogP contribution is 2.37. The van der Waals surface area contributed by atoms with E-state index in [4.69, 9.17) is 24.4 Å². The molecule has 9 nitrogen and oxygen atoms in total. The molecular weight excluding hydrogens is 653 g/mol. The fourth-order valence-electron chi connectivity index (χ4n) is 5.06. The summed E-state index contributed by atoms with van der Waals surface area (Å²) in [7, 11) is -3.37. The molecule has 276 valence electrons. The largest absolute Gasteiger partial charge is 0.467 e. The maximum Gasteiger partial charge on any atom is 0.329 e. The molecule has 1 aliphatic rings. The number of para-hydroxylation sites is 1. The summed E-state index contributed by atoms with van der Waals surface area (Å²) >= 11 is 0. The zero-order valence-electron chi connectivity index (χ0n) is 31.7. The first-order valence-electron chi connectivity index (χ1n) is 18.1. The molecule has 0 saturated carbocycles. The Hall–Kier alpha value is -2.74. The summed E-state index contributed by atoms with van der Waals surface area (Å²) in [6.45, 7) is 20.3. The Balaban J connectivity index is 2.04. The Bertz CT molecular complexity index is 1250. The van der Waals surface area contributed by atoms with Gasteiger partial charge < -0.3 is 29.3 Å². The van der Waals surface area contributed by atoms with Crippen LogP contribution >= 0.6 is 0 Å². The van der Waals surface area contributed by atoms with E-state index in [9.17, 15) is 14.4 Å². The summed E-state index contributed by atoms with van der Waals surface area (Å²) in [5.41, 5.74) is 6.07. The maximum atomic E-state index is 13.7. The minimum atomic E-state index is -2.15.